The summed E-state index contributed by atoms with van der Waals surface area (Å²) < 4.78 is 10.7. The van der Waals surface area contributed by atoms with Crippen molar-refractivity contribution in [1.82, 2.24) is 4.90 Å². The van der Waals surface area contributed by atoms with Crippen molar-refractivity contribution in [1.29, 1.82) is 0 Å². The fourth-order valence-electron chi connectivity index (χ4n) is 2.25. The second-order valence-corrected chi connectivity index (χ2v) is 5.20. The molecule has 0 spiro atoms. The maximum atomic E-state index is 5.54. The molecule has 1 atom stereocenters. The summed E-state index contributed by atoms with van der Waals surface area (Å²) in [7, 11) is 2.17. The number of hydrogen-bond donors (Lipinski definition) is 1. The molecule has 0 aliphatic carbocycles. The molecule has 1 aliphatic rings. The SMILES string of the molecule is CC(CCc1ccc2c(c1)OCO2)N(C)CCCN. The second kappa shape index (κ2) is 6.78. The number of ether oxygens (including phenoxy) is 2. The monoisotopic (exact) mass is 264 g/mol. The van der Waals surface area contributed by atoms with Crippen LogP contribution in [-0.2, 0) is 6.42 Å². The number of rotatable bonds is 7. The van der Waals surface area contributed by atoms with Gasteiger partial charge in [-0.1, -0.05) is 6.07 Å². The molecule has 2 N–H and O–H groups in total. The molecule has 0 aromatic heterocycles. The number of nitrogens with two attached hydrogens (primary N) is 1. The van der Waals surface area contributed by atoms with Crippen LogP contribution in [0.2, 0.25) is 0 Å². The van der Waals surface area contributed by atoms with Crippen molar-refractivity contribution in [2.24, 2.45) is 5.73 Å². The quantitative estimate of drug-likeness (QED) is 0.818. The van der Waals surface area contributed by atoms with Gasteiger partial charge in [0.05, 0.1) is 0 Å². The standard InChI is InChI=1S/C15H24N2O2/c1-12(17(2)9-3-8-16)4-5-13-6-7-14-15(10-13)19-11-18-14/h6-7,10,12H,3-5,8-9,11,16H2,1-2H3. The minimum Gasteiger partial charge on any atom is -0.454 e. The largest absolute Gasteiger partial charge is 0.454 e. The van der Waals surface area contributed by atoms with Crippen molar-refractivity contribution in [3.63, 3.8) is 0 Å². The first kappa shape index (κ1) is 14.2. The summed E-state index contributed by atoms with van der Waals surface area (Å²) in [6, 6.07) is 6.78. The highest BCUT2D eigenvalue weighted by Crippen LogP contribution is 2.32. The molecule has 2 rings (SSSR count). The van der Waals surface area contributed by atoms with Gasteiger partial charge in [-0.25, -0.2) is 0 Å². The predicted octanol–water partition coefficient (Wildman–Crippen LogP) is 2.02. The fourth-order valence-corrected chi connectivity index (χ4v) is 2.25. The Balaban J connectivity index is 1.81. The Labute approximate surface area is 115 Å². The summed E-state index contributed by atoms with van der Waals surface area (Å²) in [6.07, 6.45) is 3.26. The molecule has 1 heterocycles. The van der Waals surface area contributed by atoms with Gasteiger partial charge in [0.1, 0.15) is 0 Å². The van der Waals surface area contributed by atoms with Gasteiger partial charge in [0, 0.05) is 6.04 Å². The van der Waals surface area contributed by atoms with E-state index in [1.807, 2.05) is 6.07 Å². The topological polar surface area (TPSA) is 47.7 Å². The van der Waals surface area contributed by atoms with Crippen molar-refractivity contribution in [3.05, 3.63) is 23.8 Å². The predicted molar refractivity (Wildman–Crippen MR) is 76.6 cm³/mol. The Bertz CT molecular complexity index is 409. The van der Waals surface area contributed by atoms with Crippen LogP contribution >= 0.6 is 0 Å². The third-order valence-electron chi connectivity index (χ3n) is 3.76. The van der Waals surface area contributed by atoms with Crippen molar-refractivity contribution < 1.29 is 9.47 Å². The van der Waals surface area contributed by atoms with Gasteiger partial charge in [-0.05, 0) is 64.0 Å². The van der Waals surface area contributed by atoms with E-state index in [4.69, 9.17) is 15.2 Å². The lowest BCUT2D eigenvalue weighted by Crippen LogP contribution is -2.31. The molecule has 19 heavy (non-hydrogen) atoms. The van der Waals surface area contributed by atoms with Crippen LogP contribution in [0.5, 0.6) is 11.5 Å². The molecule has 1 aliphatic heterocycles. The summed E-state index contributed by atoms with van der Waals surface area (Å²) >= 11 is 0. The summed E-state index contributed by atoms with van der Waals surface area (Å²) in [6.45, 7) is 4.44. The van der Waals surface area contributed by atoms with Crippen molar-refractivity contribution in [2.45, 2.75) is 32.2 Å². The van der Waals surface area contributed by atoms with Gasteiger partial charge >= 0.3 is 0 Å². The Morgan fingerprint density at radius 3 is 2.89 bits per heavy atom. The molecule has 106 valence electrons. The first-order chi connectivity index (χ1) is 9.20. The van der Waals surface area contributed by atoms with Gasteiger partial charge < -0.3 is 20.1 Å². The van der Waals surface area contributed by atoms with E-state index in [-0.39, 0.29) is 0 Å². The molecule has 0 saturated heterocycles. The lowest BCUT2D eigenvalue weighted by molar-refractivity contribution is 0.174. The summed E-state index contributed by atoms with van der Waals surface area (Å²) in [5, 5.41) is 0. The van der Waals surface area contributed by atoms with Crippen molar-refractivity contribution in [2.75, 3.05) is 26.9 Å². The summed E-state index contributed by atoms with van der Waals surface area (Å²) in [4.78, 5) is 2.37. The highest BCUT2D eigenvalue weighted by atomic mass is 16.7. The summed E-state index contributed by atoms with van der Waals surface area (Å²) in [5.74, 6) is 1.73. The number of aryl methyl sites for hydroxylation is 1. The van der Waals surface area contributed by atoms with Crippen LogP contribution in [0, 0.1) is 0 Å². The smallest absolute Gasteiger partial charge is 0.231 e. The van der Waals surface area contributed by atoms with Gasteiger partial charge in [0.25, 0.3) is 0 Å². The number of nitrogens with zero attached hydrogens (tertiary/aromatic N) is 1. The lowest BCUT2D eigenvalue weighted by Gasteiger charge is -2.24. The summed E-state index contributed by atoms with van der Waals surface area (Å²) in [5.41, 5.74) is 6.85. The van der Waals surface area contributed by atoms with Crippen molar-refractivity contribution >= 4 is 0 Å². The molecule has 4 nitrogen and oxygen atoms in total. The molecule has 0 bridgehead atoms. The lowest BCUT2D eigenvalue weighted by atomic mass is 10.0. The fraction of sp³-hybridized carbons (Fsp3) is 0.600. The van der Waals surface area contributed by atoms with Gasteiger partial charge in [-0.3, -0.25) is 0 Å². The van der Waals surface area contributed by atoms with E-state index in [9.17, 15) is 0 Å². The molecule has 1 unspecified atom stereocenters. The first-order valence-corrected chi connectivity index (χ1v) is 6.99. The van der Waals surface area contributed by atoms with E-state index >= 15 is 0 Å². The minimum atomic E-state index is 0.344. The van der Waals surface area contributed by atoms with Crippen LogP contribution in [-0.4, -0.2) is 37.9 Å². The Hall–Kier alpha value is -1.26. The molecule has 0 fully saturated rings. The molecular formula is C15H24N2O2. The van der Waals surface area contributed by atoms with Crippen LogP contribution < -0.4 is 15.2 Å². The molecular weight excluding hydrogens is 240 g/mol. The Morgan fingerprint density at radius 2 is 2.11 bits per heavy atom. The average molecular weight is 264 g/mol. The van der Waals surface area contributed by atoms with E-state index in [1.54, 1.807) is 0 Å². The highest BCUT2D eigenvalue weighted by Gasteiger charge is 2.14. The molecule has 0 saturated carbocycles. The van der Waals surface area contributed by atoms with E-state index in [0.29, 0.717) is 12.8 Å². The van der Waals surface area contributed by atoms with E-state index in [0.717, 1.165) is 43.9 Å². The first-order valence-electron chi connectivity index (χ1n) is 6.99. The zero-order chi connectivity index (χ0) is 13.7. The van der Waals surface area contributed by atoms with Crippen LogP contribution in [0.15, 0.2) is 18.2 Å². The highest BCUT2D eigenvalue weighted by molar-refractivity contribution is 5.44. The van der Waals surface area contributed by atoms with Gasteiger partial charge in [-0.2, -0.15) is 0 Å². The number of benzene rings is 1. The Morgan fingerprint density at radius 1 is 1.32 bits per heavy atom. The van der Waals surface area contributed by atoms with E-state index < -0.39 is 0 Å². The van der Waals surface area contributed by atoms with Gasteiger partial charge in [0.2, 0.25) is 6.79 Å². The zero-order valence-electron chi connectivity index (χ0n) is 11.9. The third-order valence-corrected chi connectivity index (χ3v) is 3.76. The van der Waals surface area contributed by atoms with Crippen LogP contribution in [0.3, 0.4) is 0 Å². The maximum Gasteiger partial charge on any atom is 0.231 e. The Kier molecular flexibility index (Phi) is 5.05. The number of fused-ring (bicyclic) bond motifs is 1. The average Bonchev–Trinajstić information content (AvgIpc) is 2.89. The minimum absolute atomic E-state index is 0.344. The van der Waals surface area contributed by atoms with Crippen LogP contribution in [0.1, 0.15) is 25.3 Å². The third kappa shape index (κ3) is 3.85. The van der Waals surface area contributed by atoms with Gasteiger partial charge in [-0.15, -0.1) is 0 Å². The van der Waals surface area contributed by atoms with E-state index in [2.05, 4.69) is 31.0 Å². The van der Waals surface area contributed by atoms with Crippen LogP contribution in [0.25, 0.3) is 0 Å². The van der Waals surface area contributed by atoms with E-state index in [1.165, 1.54) is 5.56 Å². The normalized spacial score (nSPS) is 14.9. The van der Waals surface area contributed by atoms with Gasteiger partial charge in [0.15, 0.2) is 11.5 Å². The molecule has 1 aromatic carbocycles. The molecule has 0 radical (unpaired) electrons. The second-order valence-electron chi connectivity index (χ2n) is 5.20. The van der Waals surface area contributed by atoms with Crippen LogP contribution in [0.4, 0.5) is 0 Å². The molecule has 0 amide bonds. The van der Waals surface area contributed by atoms with Crippen molar-refractivity contribution in [3.8, 4) is 11.5 Å². The maximum absolute atomic E-state index is 5.54. The molecule has 1 aromatic rings. The number of hydrogen-bond acceptors (Lipinski definition) is 4. The molecule has 4 heteroatoms. The zero-order valence-corrected chi connectivity index (χ0v) is 11.9.